The van der Waals surface area contributed by atoms with Gasteiger partial charge in [-0.05, 0) is 44.2 Å². The number of alkyl halides is 3. The molecule has 182 valence electrons. The van der Waals surface area contributed by atoms with Gasteiger partial charge < -0.3 is 25.0 Å². The molecule has 2 aliphatic rings. The molecule has 1 aromatic rings. The Kier molecular flexibility index (Phi) is 11.3. The number of anilines is 1. The zero-order chi connectivity index (χ0) is 22.1. The number of ether oxygens (including phenoxy) is 2. The van der Waals surface area contributed by atoms with Gasteiger partial charge in [0, 0.05) is 46.0 Å². The molecule has 2 aliphatic heterocycles. The van der Waals surface area contributed by atoms with Crippen LogP contribution < -0.4 is 10.6 Å². The molecule has 11 heteroatoms. The van der Waals surface area contributed by atoms with Crippen molar-refractivity contribution in [3.8, 4) is 0 Å². The third-order valence-corrected chi connectivity index (χ3v) is 5.56. The molecule has 32 heavy (non-hydrogen) atoms. The Labute approximate surface area is 204 Å². The Morgan fingerprint density at radius 2 is 2.03 bits per heavy atom. The Morgan fingerprint density at radius 3 is 2.69 bits per heavy atom. The van der Waals surface area contributed by atoms with Crippen LogP contribution in [0.2, 0.25) is 0 Å². The average Bonchev–Trinajstić information content (AvgIpc) is 2.78. The molecular formula is C21H33F3IN5O2. The molecule has 3 rings (SSSR count). The van der Waals surface area contributed by atoms with Crippen molar-refractivity contribution in [3.05, 3.63) is 23.9 Å². The minimum Gasteiger partial charge on any atom is -0.376 e. The maximum atomic E-state index is 13.0. The van der Waals surface area contributed by atoms with Crippen LogP contribution in [0.3, 0.4) is 0 Å². The van der Waals surface area contributed by atoms with E-state index in [2.05, 4.69) is 25.5 Å². The van der Waals surface area contributed by atoms with Gasteiger partial charge in [-0.3, -0.25) is 4.99 Å². The van der Waals surface area contributed by atoms with Crippen molar-refractivity contribution in [1.29, 1.82) is 0 Å². The van der Waals surface area contributed by atoms with E-state index in [4.69, 9.17) is 9.47 Å². The fraction of sp³-hybridized carbons (Fsp3) is 0.714. The van der Waals surface area contributed by atoms with E-state index in [1.807, 2.05) is 0 Å². The van der Waals surface area contributed by atoms with Gasteiger partial charge in [-0.25, -0.2) is 4.98 Å². The molecule has 0 radical (unpaired) electrons. The lowest BCUT2D eigenvalue weighted by Gasteiger charge is -2.35. The normalized spacial score (nSPS) is 20.6. The lowest BCUT2D eigenvalue weighted by molar-refractivity contribution is -0.137. The topological polar surface area (TPSA) is 71.0 Å². The fourth-order valence-electron chi connectivity index (χ4n) is 3.88. The maximum Gasteiger partial charge on any atom is 0.419 e. The van der Waals surface area contributed by atoms with Gasteiger partial charge in [0.15, 0.2) is 5.96 Å². The largest absolute Gasteiger partial charge is 0.419 e. The van der Waals surface area contributed by atoms with Crippen LogP contribution in [0.1, 0.15) is 37.7 Å². The molecule has 2 N–H and O–H groups in total. The van der Waals surface area contributed by atoms with Crippen LogP contribution in [0.25, 0.3) is 0 Å². The van der Waals surface area contributed by atoms with E-state index in [0.717, 1.165) is 57.4 Å². The zero-order valence-electron chi connectivity index (χ0n) is 18.4. The molecule has 0 spiro atoms. The third kappa shape index (κ3) is 8.22. The summed E-state index contributed by atoms with van der Waals surface area (Å²) in [4.78, 5) is 10.3. The lowest BCUT2D eigenvalue weighted by atomic mass is 10.1. The van der Waals surface area contributed by atoms with E-state index < -0.39 is 11.7 Å². The summed E-state index contributed by atoms with van der Waals surface area (Å²) in [6.07, 6.45) is 2.61. The van der Waals surface area contributed by atoms with E-state index in [9.17, 15) is 13.2 Å². The number of nitrogens with one attached hydrogen (secondary N) is 2. The number of nitrogens with zero attached hydrogens (tertiary/aromatic N) is 3. The Morgan fingerprint density at radius 1 is 1.25 bits per heavy atom. The average molecular weight is 571 g/mol. The fourth-order valence-corrected chi connectivity index (χ4v) is 3.88. The quantitative estimate of drug-likeness (QED) is 0.225. The van der Waals surface area contributed by atoms with E-state index in [1.165, 1.54) is 18.7 Å². The summed E-state index contributed by atoms with van der Waals surface area (Å²) in [5.41, 5.74) is -0.764. The second-order valence-corrected chi connectivity index (χ2v) is 7.81. The standard InChI is InChI=1S/C21H32F3N5O2.HI/c1-25-20(28-11-10-27-19-18(21(22,23)24)6-4-9-26-19)29-12-7-16(8-13-29)31-15-17-5-2-3-14-30-17;/h4,6,9,16-17H,2-3,5,7-8,10-15H2,1H3,(H,25,28)(H,26,27);1H. The summed E-state index contributed by atoms with van der Waals surface area (Å²) in [6.45, 7) is 3.86. The predicted octanol–water partition coefficient (Wildman–Crippen LogP) is 3.76. The maximum absolute atomic E-state index is 13.0. The van der Waals surface area contributed by atoms with Gasteiger partial charge >= 0.3 is 6.18 Å². The second kappa shape index (κ2) is 13.4. The second-order valence-electron chi connectivity index (χ2n) is 7.81. The molecule has 0 saturated carbocycles. The van der Waals surface area contributed by atoms with Gasteiger partial charge in [-0.1, -0.05) is 0 Å². The highest BCUT2D eigenvalue weighted by Gasteiger charge is 2.34. The molecule has 0 amide bonds. The van der Waals surface area contributed by atoms with E-state index in [0.29, 0.717) is 19.7 Å². The van der Waals surface area contributed by atoms with Crippen molar-refractivity contribution >= 4 is 35.8 Å². The van der Waals surface area contributed by atoms with Crippen LogP contribution in [0.15, 0.2) is 23.3 Å². The number of piperidine rings is 1. The van der Waals surface area contributed by atoms with E-state index >= 15 is 0 Å². The monoisotopic (exact) mass is 571 g/mol. The van der Waals surface area contributed by atoms with Crippen LogP contribution in [0.5, 0.6) is 0 Å². The minimum absolute atomic E-state index is 0. The van der Waals surface area contributed by atoms with E-state index in [1.54, 1.807) is 7.05 Å². The van der Waals surface area contributed by atoms with Gasteiger partial charge in [-0.15, -0.1) is 24.0 Å². The smallest absolute Gasteiger partial charge is 0.376 e. The predicted molar refractivity (Wildman–Crippen MR) is 129 cm³/mol. The van der Waals surface area contributed by atoms with Gasteiger partial charge in [0.1, 0.15) is 5.82 Å². The number of guanidine groups is 1. The van der Waals surface area contributed by atoms with Crippen LogP contribution in [0.4, 0.5) is 19.0 Å². The van der Waals surface area contributed by atoms with Gasteiger partial charge in [0.25, 0.3) is 0 Å². The third-order valence-electron chi connectivity index (χ3n) is 5.56. The minimum atomic E-state index is -4.43. The number of likely N-dealkylation sites (tertiary alicyclic amines) is 1. The number of aromatic nitrogens is 1. The summed E-state index contributed by atoms with van der Waals surface area (Å²) < 4.78 is 50.9. The summed E-state index contributed by atoms with van der Waals surface area (Å²) in [5.74, 6) is 0.583. The molecule has 2 saturated heterocycles. The Bertz CT molecular complexity index is 709. The molecule has 0 bridgehead atoms. The SMILES string of the molecule is CN=C(NCCNc1ncccc1C(F)(F)F)N1CCC(OCC2CCCCO2)CC1.I. The molecule has 0 aliphatic carbocycles. The molecule has 1 unspecified atom stereocenters. The number of hydrogen-bond acceptors (Lipinski definition) is 5. The van der Waals surface area contributed by atoms with Gasteiger partial charge in [-0.2, -0.15) is 13.2 Å². The van der Waals surface area contributed by atoms with E-state index in [-0.39, 0.29) is 42.0 Å². The molecule has 1 aromatic heterocycles. The molecule has 1 atom stereocenters. The first-order valence-electron chi connectivity index (χ1n) is 10.9. The highest BCUT2D eigenvalue weighted by Crippen LogP contribution is 2.33. The highest BCUT2D eigenvalue weighted by atomic mass is 127. The number of halogens is 4. The Balaban J connectivity index is 0.00000363. The number of aliphatic imine (C=N–C) groups is 1. The zero-order valence-corrected chi connectivity index (χ0v) is 20.7. The summed E-state index contributed by atoms with van der Waals surface area (Å²) in [6, 6.07) is 2.30. The summed E-state index contributed by atoms with van der Waals surface area (Å²) in [7, 11) is 1.71. The summed E-state index contributed by atoms with van der Waals surface area (Å²) >= 11 is 0. The molecule has 3 heterocycles. The number of hydrogen-bond donors (Lipinski definition) is 2. The molecular weight excluding hydrogens is 538 g/mol. The first-order valence-corrected chi connectivity index (χ1v) is 10.9. The number of pyridine rings is 1. The number of rotatable bonds is 7. The first kappa shape index (κ1) is 26.9. The van der Waals surface area contributed by atoms with Gasteiger partial charge in [0.2, 0.25) is 0 Å². The van der Waals surface area contributed by atoms with Crippen molar-refractivity contribution in [2.24, 2.45) is 4.99 Å². The Hall–Kier alpha value is -1.34. The molecule has 0 aromatic carbocycles. The molecule has 2 fully saturated rings. The first-order chi connectivity index (χ1) is 15.0. The van der Waals surface area contributed by atoms with Crippen LogP contribution in [-0.2, 0) is 15.7 Å². The lowest BCUT2D eigenvalue weighted by Crippen LogP contribution is -2.48. The van der Waals surface area contributed by atoms with Crippen LogP contribution in [0, 0.1) is 0 Å². The van der Waals surface area contributed by atoms with Crippen molar-refractivity contribution in [3.63, 3.8) is 0 Å². The highest BCUT2D eigenvalue weighted by molar-refractivity contribution is 14.0. The van der Waals surface area contributed by atoms with Crippen molar-refractivity contribution in [1.82, 2.24) is 15.2 Å². The van der Waals surface area contributed by atoms with Gasteiger partial charge in [0.05, 0.1) is 24.4 Å². The van der Waals surface area contributed by atoms with Crippen molar-refractivity contribution < 1.29 is 22.6 Å². The summed E-state index contributed by atoms with van der Waals surface area (Å²) in [5, 5.41) is 5.97. The van der Waals surface area contributed by atoms with Crippen LogP contribution >= 0.6 is 24.0 Å². The van der Waals surface area contributed by atoms with Crippen LogP contribution in [-0.4, -0.2) is 74.5 Å². The molecule has 7 nitrogen and oxygen atoms in total. The van der Waals surface area contributed by atoms with Crippen molar-refractivity contribution in [2.75, 3.05) is 51.8 Å². The van der Waals surface area contributed by atoms with Crippen molar-refractivity contribution in [2.45, 2.75) is 50.5 Å².